The maximum Gasteiger partial charge on any atom is 0.368 e. The summed E-state index contributed by atoms with van der Waals surface area (Å²) in [5, 5.41) is 14.8. The number of alkyl halides is 1. The molecule has 0 saturated carbocycles. The molecule has 0 N–H and O–H groups in total. The van der Waals surface area contributed by atoms with Crippen molar-refractivity contribution in [2.24, 2.45) is 7.05 Å². The molecule has 0 aliphatic rings. The number of ether oxygens (including phenoxy) is 2. The quantitative estimate of drug-likeness (QED) is 0.575. The summed E-state index contributed by atoms with van der Waals surface area (Å²) in [6, 6.07) is 6.40. The number of aryl methyl sites for hydroxylation is 1. The summed E-state index contributed by atoms with van der Waals surface area (Å²) in [5.41, 5.74) is 0.376. The van der Waals surface area contributed by atoms with Crippen molar-refractivity contribution < 1.29 is 46.6 Å². The Morgan fingerprint density at radius 1 is 1.25 bits per heavy atom. The molecule has 9 nitrogen and oxygen atoms in total. The minimum Gasteiger partial charge on any atom is -0.579 e. The summed E-state index contributed by atoms with van der Waals surface area (Å²) in [5.74, 6) is 0.541. The van der Waals surface area contributed by atoms with Crippen molar-refractivity contribution in [1.29, 1.82) is 0 Å². The van der Waals surface area contributed by atoms with Gasteiger partial charge in [-0.3, -0.25) is 0 Å². The van der Waals surface area contributed by atoms with Crippen LogP contribution in [0.15, 0.2) is 35.3 Å². The van der Waals surface area contributed by atoms with Gasteiger partial charge in [-0.25, -0.2) is 9.18 Å². The number of halogens is 1. The van der Waals surface area contributed by atoms with Gasteiger partial charge in [0.15, 0.2) is 5.88 Å². The van der Waals surface area contributed by atoms with Gasteiger partial charge >= 0.3 is 5.69 Å². The summed E-state index contributed by atoms with van der Waals surface area (Å²) >= 11 is 0. The second-order valence-electron chi connectivity index (χ2n) is 4.46. The molecular weight excluding hydrogens is 396 g/mol. The van der Waals surface area contributed by atoms with E-state index < -0.39 is 12.6 Å². The smallest absolute Gasteiger partial charge is 0.368 e. The molecule has 123 valence electrons. The first-order chi connectivity index (χ1) is 11.2. The molecule has 11 heteroatoms. The average Bonchev–Trinajstić information content (AvgIpc) is 3.18. The molecule has 0 unspecified atom stereocenters. The van der Waals surface area contributed by atoms with Crippen molar-refractivity contribution in [3.05, 3.63) is 46.5 Å². The fourth-order valence-corrected chi connectivity index (χ4v) is 2.00. The van der Waals surface area contributed by atoms with Crippen LogP contribution in [0.4, 0.5) is 4.39 Å². The first-order valence-electron chi connectivity index (χ1n) is 6.58. The van der Waals surface area contributed by atoms with Gasteiger partial charge in [0.2, 0.25) is 6.86 Å². The Balaban J connectivity index is 0.00000208. The SMILES string of the molecule is Cn1nnn(-c2cccc(OCF)c2COc2cc[n-]n2)c1=O.[Y]. The normalized spacial score (nSPS) is 10.2. The van der Waals surface area contributed by atoms with Crippen LogP contribution >= 0.6 is 0 Å². The molecule has 0 saturated heterocycles. The van der Waals surface area contributed by atoms with Gasteiger partial charge in [-0.15, -0.1) is 0 Å². The van der Waals surface area contributed by atoms with Gasteiger partial charge in [-0.2, -0.15) is 15.6 Å². The molecule has 1 radical (unpaired) electrons. The van der Waals surface area contributed by atoms with Crippen molar-refractivity contribution >= 4 is 0 Å². The molecule has 0 aliphatic heterocycles. The second-order valence-corrected chi connectivity index (χ2v) is 4.46. The fourth-order valence-electron chi connectivity index (χ4n) is 2.00. The first-order valence-corrected chi connectivity index (χ1v) is 6.58. The van der Waals surface area contributed by atoms with E-state index in [0.717, 1.165) is 9.36 Å². The molecule has 3 rings (SSSR count). The molecule has 3 aromatic rings. The van der Waals surface area contributed by atoms with Crippen molar-refractivity contribution in [2.75, 3.05) is 6.86 Å². The van der Waals surface area contributed by atoms with Crippen molar-refractivity contribution in [3.63, 3.8) is 0 Å². The summed E-state index contributed by atoms with van der Waals surface area (Å²) in [7, 11) is 1.48. The third kappa shape index (κ3) is 3.70. The molecule has 0 amide bonds. The molecule has 0 atom stereocenters. The molecule has 0 spiro atoms. The number of benzene rings is 1. The van der Waals surface area contributed by atoms with E-state index >= 15 is 0 Å². The van der Waals surface area contributed by atoms with Crippen LogP contribution in [0.3, 0.4) is 0 Å². The molecule has 0 fully saturated rings. The maximum atomic E-state index is 12.6. The summed E-state index contributed by atoms with van der Waals surface area (Å²) < 4.78 is 25.2. The minimum absolute atomic E-state index is 0. The third-order valence-corrected chi connectivity index (χ3v) is 3.07. The minimum atomic E-state index is -1.01. The Hall–Kier alpha value is -2.07. The molecule has 24 heavy (non-hydrogen) atoms. The van der Waals surface area contributed by atoms with Gasteiger partial charge in [-0.05, 0) is 28.6 Å². The van der Waals surface area contributed by atoms with Crippen LogP contribution < -0.4 is 20.3 Å². The van der Waals surface area contributed by atoms with Crippen molar-refractivity contribution in [3.8, 4) is 17.3 Å². The van der Waals surface area contributed by atoms with E-state index in [2.05, 4.69) is 20.6 Å². The maximum absolute atomic E-state index is 12.6. The van der Waals surface area contributed by atoms with E-state index in [4.69, 9.17) is 9.47 Å². The van der Waals surface area contributed by atoms with Crippen LogP contribution in [-0.2, 0) is 46.4 Å². The molecule has 0 bridgehead atoms. The topological polar surface area (TPSA) is 98.2 Å². The van der Waals surface area contributed by atoms with Gasteiger partial charge in [0.05, 0.1) is 11.3 Å². The van der Waals surface area contributed by atoms with E-state index in [-0.39, 0.29) is 45.1 Å². The Kier molecular flexibility index (Phi) is 6.21. The second kappa shape index (κ2) is 8.16. The van der Waals surface area contributed by atoms with E-state index in [0.29, 0.717) is 17.1 Å². The van der Waals surface area contributed by atoms with Gasteiger partial charge in [-0.1, -0.05) is 6.07 Å². The Morgan fingerprint density at radius 3 is 2.71 bits per heavy atom. The zero-order valence-corrected chi connectivity index (χ0v) is 15.5. The van der Waals surface area contributed by atoms with Gasteiger partial charge in [0, 0.05) is 39.8 Å². The molecule has 1 aromatic carbocycles. The predicted octanol–water partition coefficient (Wildman–Crippen LogP) is 0.200. The number of rotatable bonds is 6. The number of hydrogen-bond donors (Lipinski definition) is 0. The van der Waals surface area contributed by atoms with E-state index in [1.807, 2.05) is 0 Å². The molecule has 0 aliphatic carbocycles. The Morgan fingerprint density at radius 2 is 2.08 bits per heavy atom. The molecule has 2 aromatic heterocycles. The van der Waals surface area contributed by atoms with Gasteiger partial charge in [0.25, 0.3) is 0 Å². The van der Waals surface area contributed by atoms with Gasteiger partial charge in [0.1, 0.15) is 12.4 Å². The van der Waals surface area contributed by atoms with Crippen molar-refractivity contribution in [1.82, 2.24) is 30.0 Å². The van der Waals surface area contributed by atoms with Crippen LogP contribution in [0.2, 0.25) is 0 Å². The zero-order valence-electron chi connectivity index (χ0n) is 12.7. The zero-order chi connectivity index (χ0) is 16.2. The van der Waals surface area contributed by atoms with Crippen LogP contribution in [-0.4, -0.2) is 31.7 Å². The first kappa shape index (κ1) is 18.3. The largest absolute Gasteiger partial charge is 0.579 e. The number of nitrogens with zero attached hydrogens (tertiary/aromatic N) is 6. The average molecular weight is 408 g/mol. The number of aromatic nitrogens is 6. The van der Waals surface area contributed by atoms with Crippen LogP contribution in [0.25, 0.3) is 5.69 Å². The predicted molar refractivity (Wildman–Crippen MR) is 75.1 cm³/mol. The number of hydrogen-bond acceptors (Lipinski definition) is 6. The van der Waals surface area contributed by atoms with Crippen LogP contribution in [0.1, 0.15) is 5.56 Å². The van der Waals surface area contributed by atoms with Gasteiger partial charge < -0.3 is 19.7 Å². The Labute approximate surface area is 160 Å². The fraction of sp³-hybridized carbons (Fsp3) is 0.231. The third-order valence-electron chi connectivity index (χ3n) is 3.07. The summed E-state index contributed by atoms with van der Waals surface area (Å²) in [4.78, 5) is 12.0. The Bertz CT molecular complexity index is 848. The van der Waals surface area contributed by atoms with Crippen LogP contribution in [0.5, 0.6) is 11.6 Å². The van der Waals surface area contributed by atoms with E-state index in [1.165, 1.54) is 13.2 Å². The van der Waals surface area contributed by atoms with E-state index in [1.54, 1.807) is 24.3 Å². The summed E-state index contributed by atoms with van der Waals surface area (Å²) in [6.07, 6.45) is 1.48. The van der Waals surface area contributed by atoms with Crippen molar-refractivity contribution in [2.45, 2.75) is 6.61 Å². The summed E-state index contributed by atoms with van der Waals surface area (Å²) in [6.45, 7) is -1.02. The molecule has 2 heterocycles. The van der Waals surface area contributed by atoms with Crippen LogP contribution in [0, 0.1) is 0 Å². The number of tetrazole rings is 1. The monoisotopic (exact) mass is 408 g/mol. The molecular formula is C13H12FN6O3Y-. The van der Waals surface area contributed by atoms with E-state index in [9.17, 15) is 9.18 Å². The standard InChI is InChI=1S/C13H12FN6O3.Y/c1-19-13(21)20(18-17-19)10-3-2-4-11(23-8-14)9(10)7-22-12-5-6-15-16-12;/h2-6H,7-8H2,1H3;/q-1;.